The van der Waals surface area contributed by atoms with Crippen LogP contribution in [0.2, 0.25) is 5.02 Å². The molecule has 0 radical (unpaired) electrons. The van der Waals surface area contributed by atoms with Crippen LogP contribution in [-0.2, 0) is 4.79 Å². The van der Waals surface area contributed by atoms with E-state index in [1.54, 1.807) is 49.4 Å². The molecule has 0 saturated carbocycles. The predicted octanol–water partition coefficient (Wildman–Crippen LogP) is 4.82. The summed E-state index contributed by atoms with van der Waals surface area (Å²) in [6, 6.07) is 13.9. The summed E-state index contributed by atoms with van der Waals surface area (Å²) in [7, 11) is 0. The third-order valence-electron chi connectivity index (χ3n) is 4.13. The third-order valence-corrected chi connectivity index (χ3v) is 4.59. The summed E-state index contributed by atoms with van der Waals surface area (Å²) in [5.41, 5.74) is 2.01. The van der Waals surface area contributed by atoms with Crippen LogP contribution in [-0.4, -0.2) is 26.2 Å². The lowest BCUT2D eigenvalue weighted by molar-refractivity contribution is -0.137. The summed E-state index contributed by atoms with van der Waals surface area (Å²) >= 11 is 11.4. The van der Waals surface area contributed by atoms with Gasteiger partial charge in [-0.1, -0.05) is 23.7 Å². The van der Waals surface area contributed by atoms with Gasteiger partial charge in [-0.15, -0.1) is 0 Å². The number of anilines is 3. The molecule has 3 aromatic rings. The Kier molecular flexibility index (Phi) is 7.32. The summed E-state index contributed by atoms with van der Waals surface area (Å²) < 4.78 is 13.1. The molecule has 2 aromatic carbocycles. The standard InChI is InChI=1S/C21H19ClFN5O2S/c1-12-9-18(25-16-7-5-15(23)6-8-16)27-20(24-12)28-21(31)26-17(11-19(29)30)13-3-2-4-14(22)10-13/h2-10,17H,11H2,1H3,(H,29,30)(H3,24,25,26,27,28,31). The number of hydrogen-bond donors (Lipinski definition) is 4. The molecule has 0 aliphatic carbocycles. The number of aliphatic carboxylic acids is 1. The molecule has 0 saturated heterocycles. The van der Waals surface area contributed by atoms with Crippen molar-refractivity contribution >= 4 is 52.4 Å². The number of aryl methyl sites for hydroxylation is 1. The van der Waals surface area contributed by atoms with Crippen molar-refractivity contribution in [1.82, 2.24) is 15.3 Å². The second-order valence-electron chi connectivity index (χ2n) is 6.65. The number of hydrogen-bond acceptors (Lipinski definition) is 5. The van der Waals surface area contributed by atoms with Gasteiger partial charge in [0.05, 0.1) is 12.5 Å². The molecule has 1 aromatic heterocycles. The first-order valence-electron chi connectivity index (χ1n) is 9.21. The predicted molar refractivity (Wildman–Crippen MR) is 122 cm³/mol. The van der Waals surface area contributed by atoms with Crippen LogP contribution in [0.15, 0.2) is 54.6 Å². The van der Waals surface area contributed by atoms with Gasteiger partial charge in [0.2, 0.25) is 5.95 Å². The number of rotatable bonds is 7. The van der Waals surface area contributed by atoms with Gasteiger partial charge in [-0.2, -0.15) is 4.98 Å². The Labute approximate surface area is 188 Å². The number of carboxylic acids is 1. The van der Waals surface area contributed by atoms with Crippen LogP contribution in [0.5, 0.6) is 0 Å². The summed E-state index contributed by atoms with van der Waals surface area (Å²) in [5.74, 6) is -0.611. The van der Waals surface area contributed by atoms with E-state index in [1.807, 2.05) is 0 Å². The molecule has 7 nitrogen and oxygen atoms in total. The van der Waals surface area contributed by atoms with Crippen LogP contribution in [0.4, 0.5) is 21.8 Å². The van der Waals surface area contributed by atoms with Crippen molar-refractivity contribution in [3.63, 3.8) is 0 Å². The van der Waals surface area contributed by atoms with Crippen LogP contribution in [0, 0.1) is 12.7 Å². The Hall–Kier alpha value is -3.30. The van der Waals surface area contributed by atoms with Gasteiger partial charge in [0.25, 0.3) is 0 Å². The Morgan fingerprint density at radius 1 is 1.19 bits per heavy atom. The second-order valence-corrected chi connectivity index (χ2v) is 7.50. The van der Waals surface area contributed by atoms with E-state index in [-0.39, 0.29) is 23.3 Å². The van der Waals surface area contributed by atoms with Crippen molar-refractivity contribution in [2.24, 2.45) is 0 Å². The maximum absolute atomic E-state index is 13.1. The SMILES string of the molecule is Cc1cc(Nc2ccc(F)cc2)nc(NC(=S)NC(CC(=O)O)c2cccc(Cl)c2)n1. The van der Waals surface area contributed by atoms with E-state index >= 15 is 0 Å². The molecule has 160 valence electrons. The first-order chi connectivity index (χ1) is 14.8. The van der Waals surface area contributed by atoms with E-state index in [4.69, 9.17) is 23.8 Å². The van der Waals surface area contributed by atoms with Crippen LogP contribution in [0.25, 0.3) is 0 Å². The number of aromatic nitrogens is 2. The summed E-state index contributed by atoms with van der Waals surface area (Å²) in [5, 5.41) is 18.8. The van der Waals surface area contributed by atoms with E-state index in [2.05, 4.69) is 25.9 Å². The maximum atomic E-state index is 13.1. The molecule has 3 rings (SSSR count). The third kappa shape index (κ3) is 6.87. The molecule has 0 aliphatic rings. The molecule has 1 unspecified atom stereocenters. The van der Waals surface area contributed by atoms with Crippen molar-refractivity contribution in [2.75, 3.05) is 10.6 Å². The number of carbonyl (C=O) groups is 1. The number of benzene rings is 2. The highest BCUT2D eigenvalue weighted by atomic mass is 35.5. The number of nitrogens with zero attached hydrogens (tertiary/aromatic N) is 2. The van der Waals surface area contributed by atoms with Crippen molar-refractivity contribution in [1.29, 1.82) is 0 Å². The van der Waals surface area contributed by atoms with Crippen molar-refractivity contribution in [3.8, 4) is 0 Å². The quantitative estimate of drug-likeness (QED) is 0.373. The molecule has 4 N–H and O–H groups in total. The minimum Gasteiger partial charge on any atom is -0.481 e. The molecule has 1 heterocycles. The smallest absolute Gasteiger partial charge is 0.305 e. The summed E-state index contributed by atoms with van der Waals surface area (Å²) in [6.07, 6.45) is -0.200. The van der Waals surface area contributed by atoms with Gasteiger partial charge >= 0.3 is 5.97 Å². The molecule has 1 atom stereocenters. The monoisotopic (exact) mass is 459 g/mol. The molecular weight excluding hydrogens is 441 g/mol. The van der Waals surface area contributed by atoms with E-state index in [9.17, 15) is 14.3 Å². The number of halogens is 2. The van der Waals surface area contributed by atoms with E-state index in [0.29, 0.717) is 27.8 Å². The highest BCUT2D eigenvalue weighted by molar-refractivity contribution is 7.80. The van der Waals surface area contributed by atoms with Gasteiger partial charge < -0.3 is 21.1 Å². The van der Waals surface area contributed by atoms with Crippen LogP contribution >= 0.6 is 23.8 Å². The highest BCUT2D eigenvalue weighted by Gasteiger charge is 2.17. The van der Waals surface area contributed by atoms with Gasteiger partial charge in [-0.3, -0.25) is 4.79 Å². The Bertz CT molecular complexity index is 1100. The molecule has 31 heavy (non-hydrogen) atoms. The molecule has 0 aliphatic heterocycles. The van der Waals surface area contributed by atoms with Crippen LogP contribution in [0.1, 0.15) is 23.7 Å². The lowest BCUT2D eigenvalue weighted by Gasteiger charge is -2.20. The zero-order valence-corrected chi connectivity index (χ0v) is 18.0. The van der Waals surface area contributed by atoms with Gasteiger partial charge in [0.1, 0.15) is 11.6 Å². The van der Waals surface area contributed by atoms with Crippen LogP contribution in [0.3, 0.4) is 0 Å². The fraction of sp³-hybridized carbons (Fsp3) is 0.143. The summed E-state index contributed by atoms with van der Waals surface area (Å²) in [4.78, 5) is 20.0. The Balaban J connectivity index is 1.73. The topological polar surface area (TPSA) is 99.2 Å². The normalized spacial score (nSPS) is 11.5. The van der Waals surface area contributed by atoms with E-state index < -0.39 is 12.0 Å². The molecule has 0 amide bonds. The maximum Gasteiger partial charge on any atom is 0.305 e. The average molecular weight is 460 g/mol. The zero-order valence-electron chi connectivity index (χ0n) is 16.4. The highest BCUT2D eigenvalue weighted by Crippen LogP contribution is 2.21. The largest absolute Gasteiger partial charge is 0.481 e. The number of nitrogens with one attached hydrogen (secondary N) is 3. The zero-order chi connectivity index (χ0) is 22.4. The minimum atomic E-state index is -0.988. The fourth-order valence-corrected chi connectivity index (χ4v) is 3.25. The van der Waals surface area contributed by atoms with Gasteiger partial charge in [0.15, 0.2) is 5.11 Å². The number of carboxylic acid groups (broad SMARTS) is 1. The lowest BCUT2D eigenvalue weighted by Crippen LogP contribution is -2.34. The van der Waals surface area contributed by atoms with E-state index in [0.717, 1.165) is 0 Å². The van der Waals surface area contributed by atoms with Gasteiger partial charge in [-0.25, -0.2) is 9.37 Å². The average Bonchev–Trinajstić information content (AvgIpc) is 2.68. The molecule has 10 heteroatoms. The van der Waals surface area contributed by atoms with Crippen molar-refractivity contribution in [2.45, 2.75) is 19.4 Å². The lowest BCUT2D eigenvalue weighted by atomic mass is 10.0. The Morgan fingerprint density at radius 2 is 1.94 bits per heavy atom. The molecule has 0 spiro atoms. The van der Waals surface area contributed by atoms with Crippen LogP contribution < -0.4 is 16.0 Å². The first kappa shape index (κ1) is 22.4. The second kappa shape index (κ2) is 10.1. The first-order valence-corrected chi connectivity index (χ1v) is 10.00. The van der Waals surface area contributed by atoms with E-state index in [1.165, 1.54) is 12.1 Å². The van der Waals surface area contributed by atoms with Crippen molar-refractivity contribution < 1.29 is 14.3 Å². The Morgan fingerprint density at radius 3 is 2.61 bits per heavy atom. The van der Waals surface area contributed by atoms with Gasteiger partial charge in [0, 0.05) is 22.5 Å². The fourth-order valence-electron chi connectivity index (χ4n) is 2.82. The summed E-state index contributed by atoms with van der Waals surface area (Å²) in [6.45, 7) is 1.79. The van der Waals surface area contributed by atoms with Gasteiger partial charge in [-0.05, 0) is 61.1 Å². The molecule has 0 bridgehead atoms. The van der Waals surface area contributed by atoms with Crippen molar-refractivity contribution in [3.05, 3.63) is 76.7 Å². The molecular formula is C21H19ClFN5O2S. The molecule has 0 fully saturated rings. The number of thiocarbonyl (C=S) groups is 1. The minimum absolute atomic E-state index is 0.157.